The quantitative estimate of drug-likeness (QED) is 0.457. The zero-order valence-electron chi connectivity index (χ0n) is 5.37. The molecule has 0 aromatic carbocycles. The van der Waals surface area contributed by atoms with Crippen molar-refractivity contribution in [2.45, 2.75) is 0 Å². The van der Waals surface area contributed by atoms with Crippen LogP contribution in [0.4, 0.5) is 0 Å². The Hall–Kier alpha value is 1.17. The zero-order chi connectivity index (χ0) is 9.41. The molecule has 0 saturated heterocycles. The second-order valence-corrected chi connectivity index (χ2v) is 0.577. The summed E-state index contributed by atoms with van der Waals surface area (Å²) in [5.41, 5.74) is 0. The number of allylic oxidation sites excluding steroid dienone is 2. The Morgan fingerprint density at radius 1 is 0.900 bits per heavy atom. The fraction of sp³-hybridized carbons (Fsp3) is 0. The molecule has 70 valence electrons. The maximum absolute atomic E-state index is 3.69. The van der Waals surface area contributed by atoms with Crippen LogP contribution in [0.1, 0.15) is 0 Å². The Morgan fingerprint density at radius 2 is 0.900 bits per heavy atom. The SMILES string of the molecule is C=C[CH2-].C=C[CH2-].[Ni][Br].[Ni][Br]. The number of rotatable bonds is 0. The first-order valence-corrected chi connectivity index (χ1v) is 6.75. The molecule has 0 unspecified atom stereocenters. The van der Waals surface area contributed by atoms with Crippen molar-refractivity contribution in [3.8, 4) is 0 Å². The molecule has 0 aromatic rings. The number of hydrogen-bond acceptors (Lipinski definition) is 0. The standard InChI is InChI=1S/2C3H5.2BrH.2Ni/c2*1-3-2;;;;/h2*3H,1-2H2;2*1H;;/q2*-1;;;2*+1/p-2. The average Bonchev–Trinajstić information content (AvgIpc) is 1.99. The molecule has 0 aliphatic carbocycles. The van der Waals surface area contributed by atoms with E-state index in [2.05, 4.69) is 82.8 Å². The van der Waals surface area contributed by atoms with Gasteiger partial charge in [-0.3, -0.25) is 0 Å². The summed E-state index contributed by atoms with van der Waals surface area (Å²) in [6.45, 7) is 13.0. The molecule has 0 atom stereocenters. The van der Waals surface area contributed by atoms with Crippen molar-refractivity contribution in [1.29, 1.82) is 0 Å². The Bertz CT molecular complexity index is 34.7. The Morgan fingerprint density at radius 3 is 0.900 bits per heavy atom. The first-order valence-electron chi connectivity index (χ1n) is 1.87. The fourth-order valence-corrected chi connectivity index (χ4v) is 0. The van der Waals surface area contributed by atoms with Crippen molar-refractivity contribution in [1.82, 2.24) is 0 Å². The monoisotopic (exact) mass is 356 g/mol. The topological polar surface area (TPSA) is 0 Å². The molecule has 0 fully saturated rings. The van der Waals surface area contributed by atoms with Crippen molar-refractivity contribution >= 4 is 28.5 Å². The maximum atomic E-state index is 3.69. The Labute approximate surface area is 94.2 Å². The summed E-state index contributed by atoms with van der Waals surface area (Å²) in [6, 6.07) is 0. The molecular weight excluding hydrogens is 349 g/mol. The van der Waals surface area contributed by atoms with E-state index in [1.54, 1.807) is 0 Å². The van der Waals surface area contributed by atoms with Crippen LogP contribution in [-0.4, -0.2) is 0 Å². The van der Waals surface area contributed by atoms with Gasteiger partial charge in [-0.2, -0.15) is 0 Å². The van der Waals surface area contributed by atoms with Gasteiger partial charge < -0.3 is 0 Å². The van der Waals surface area contributed by atoms with Crippen LogP contribution in [0, 0.1) is 13.8 Å². The molecule has 0 nitrogen and oxygen atoms in total. The third-order valence-corrected chi connectivity index (χ3v) is 0. The summed E-state index contributed by atoms with van der Waals surface area (Å²) in [5, 5.41) is 0. The van der Waals surface area contributed by atoms with E-state index in [-0.39, 0.29) is 0 Å². The van der Waals surface area contributed by atoms with Gasteiger partial charge in [0.25, 0.3) is 0 Å². The molecule has 0 aromatic heterocycles. The van der Waals surface area contributed by atoms with Crippen molar-refractivity contribution in [2.24, 2.45) is 0 Å². The summed E-state index contributed by atoms with van der Waals surface area (Å²) in [5.74, 6) is 0. The molecule has 0 heterocycles. The van der Waals surface area contributed by atoms with E-state index < -0.39 is 0 Å². The van der Waals surface area contributed by atoms with Gasteiger partial charge in [-0.15, -0.1) is 0 Å². The summed E-state index contributed by atoms with van der Waals surface area (Å²) in [6.07, 6.45) is 3.00. The predicted molar refractivity (Wildman–Crippen MR) is 49.0 cm³/mol. The third-order valence-electron chi connectivity index (χ3n) is 0. The van der Waals surface area contributed by atoms with Crippen LogP contribution < -0.4 is 0 Å². The van der Waals surface area contributed by atoms with Gasteiger partial charge in [-0.05, 0) is 0 Å². The van der Waals surface area contributed by atoms with Gasteiger partial charge in [0.2, 0.25) is 0 Å². The second-order valence-electron chi connectivity index (χ2n) is 0.577. The van der Waals surface area contributed by atoms with Gasteiger partial charge in [-0.1, -0.05) is 0 Å². The van der Waals surface area contributed by atoms with Crippen molar-refractivity contribution < 1.29 is 27.4 Å². The summed E-state index contributed by atoms with van der Waals surface area (Å²) >= 11 is 12.5. The average molecular weight is 359 g/mol. The molecule has 10 heavy (non-hydrogen) atoms. The van der Waals surface area contributed by atoms with Crippen LogP contribution in [0.5, 0.6) is 0 Å². The van der Waals surface area contributed by atoms with Crippen LogP contribution in [0.3, 0.4) is 0 Å². The normalized spacial score (nSPS) is 3.80. The number of halogens is 2. The summed E-state index contributed by atoms with van der Waals surface area (Å²) in [4.78, 5) is 0. The zero-order valence-corrected chi connectivity index (χ0v) is 10.5. The van der Waals surface area contributed by atoms with Crippen molar-refractivity contribution in [3.63, 3.8) is 0 Å². The van der Waals surface area contributed by atoms with Crippen LogP contribution in [0.15, 0.2) is 25.3 Å². The Kier molecular flexibility index (Phi) is 191. The second kappa shape index (κ2) is 85.2. The molecule has 0 radical (unpaired) electrons. The van der Waals surface area contributed by atoms with Gasteiger partial charge in [0, 0.05) is 0 Å². The van der Waals surface area contributed by atoms with E-state index in [4.69, 9.17) is 0 Å². The molecule has 0 aliphatic heterocycles. The van der Waals surface area contributed by atoms with Crippen molar-refractivity contribution in [3.05, 3.63) is 39.2 Å². The molecular formula is C6H10Br2Ni2-2. The van der Waals surface area contributed by atoms with Crippen LogP contribution in [0.2, 0.25) is 0 Å². The number of hydrogen-bond donors (Lipinski definition) is 0. The van der Waals surface area contributed by atoms with E-state index in [9.17, 15) is 0 Å². The first-order chi connectivity index (χ1) is 4.83. The minimum atomic E-state index is 1.50. The molecule has 0 bridgehead atoms. The summed E-state index contributed by atoms with van der Waals surface area (Å²) in [7, 11) is 0. The minimum absolute atomic E-state index is 1.50. The molecule has 0 aliphatic rings. The van der Waals surface area contributed by atoms with E-state index in [1.165, 1.54) is 12.2 Å². The Balaban J connectivity index is -0.0000000246. The van der Waals surface area contributed by atoms with Gasteiger partial charge in [0.05, 0.1) is 0 Å². The molecule has 0 saturated carbocycles. The first kappa shape index (κ1) is 22.5. The van der Waals surface area contributed by atoms with Gasteiger partial charge >= 0.3 is 55.8 Å². The van der Waals surface area contributed by atoms with Crippen LogP contribution in [0.25, 0.3) is 0 Å². The van der Waals surface area contributed by atoms with E-state index in [0.717, 1.165) is 0 Å². The molecule has 0 rings (SSSR count). The van der Waals surface area contributed by atoms with Crippen molar-refractivity contribution in [2.75, 3.05) is 0 Å². The van der Waals surface area contributed by atoms with Crippen LogP contribution in [-0.2, 0) is 27.4 Å². The molecule has 0 N–H and O–H groups in total. The van der Waals surface area contributed by atoms with Gasteiger partial charge in [-0.25, -0.2) is 39.2 Å². The van der Waals surface area contributed by atoms with Gasteiger partial charge in [0.1, 0.15) is 0 Å². The summed E-state index contributed by atoms with van der Waals surface area (Å²) < 4.78 is 0. The molecule has 4 heteroatoms. The van der Waals surface area contributed by atoms with Crippen LogP contribution >= 0.6 is 28.5 Å². The fourth-order valence-electron chi connectivity index (χ4n) is 0. The van der Waals surface area contributed by atoms with Gasteiger partial charge in [0.15, 0.2) is 0 Å². The predicted octanol–water partition coefficient (Wildman–Crippen LogP) is 3.70. The molecule has 0 amide bonds. The molecule has 0 spiro atoms. The third kappa shape index (κ3) is 449. The van der Waals surface area contributed by atoms with E-state index in [1.807, 2.05) is 0 Å². The van der Waals surface area contributed by atoms with E-state index >= 15 is 0 Å². The van der Waals surface area contributed by atoms with E-state index in [0.29, 0.717) is 0 Å².